The van der Waals surface area contributed by atoms with Crippen LogP contribution in [0.25, 0.3) is 0 Å². The molecule has 0 aromatic heterocycles. The zero-order valence-corrected chi connectivity index (χ0v) is 19.0. The van der Waals surface area contributed by atoms with Crippen LogP contribution in [0, 0.1) is 17.1 Å². The molecule has 0 atom stereocenters. The van der Waals surface area contributed by atoms with Crippen molar-refractivity contribution in [1.29, 1.82) is 5.26 Å². The number of halogens is 1. The van der Waals surface area contributed by atoms with Crippen LogP contribution in [0.2, 0.25) is 0 Å². The SMILES string of the molecule is CC(C)(C#N)c1ccc(CN=C(N)c2ccc(S(=O)(=O)N=C3CSNC=N3)cc2F)cc1. The van der Waals surface area contributed by atoms with Crippen LogP contribution in [0.1, 0.15) is 30.5 Å². The summed E-state index contributed by atoms with van der Waals surface area (Å²) in [5.74, 6) is -0.492. The average Bonchev–Trinajstić information content (AvgIpc) is 2.78. The summed E-state index contributed by atoms with van der Waals surface area (Å²) in [6.07, 6.45) is 1.33. The highest BCUT2D eigenvalue weighted by atomic mass is 32.2. The topological polar surface area (TPSA) is 133 Å². The van der Waals surface area contributed by atoms with E-state index in [9.17, 15) is 18.1 Å². The lowest BCUT2D eigenvalue weighted by Crippen LogP contribution is -2.17. The van der Waals surface area contributed by atoms with Crippen molar-refractivity contribution < 1.29 is 12.8 Å². The minimum Gasteiger partial charge on any atom is -0.383 e. The highest BCUT2D eigenvalue weighted by molar-refractivity contribution is 7.98. The van der Waals surface area contributed by atoms with Crippen molar-refractivity contribution in [2.75, 3.05) is 5.75 Å². The number of aliphatic imine (C=N–C) groups is 2. The number of hydrogen-bond acceptors (Lipinski definition) is 6. The van der Waals surface area contributed by atoms with Crippen molar-refractivity contribution in [2.45, 2.75) is 30.7 Å². The Labute approximate surface area is 190 Å². The maximum Gasteiger partial charge on any atom is 0.284 e. The summed E-state index contributed by atoms with van der Waals surface area (Å²) >= 11 is 1.24. The summed E-state index contributed by atoms with van der Waals surface area (Å²) < 4.78 is 45.9. The van der Waals surface area contributed by atoms with Crippen molar-refractivity contribution in [3.63, 3.8) is 0 Å². The molecule has 0 spiro atoms. The van der Waals surface area contributed by atoms with Crippen LogP contribution in [0.5, 0.6) is 0 Å². The van der Waals surface area contributed by atoms with Gasteiger partial charge in [0.05, 0.1) is 34.2 Å². The predicted octanol–water partition coefficient (Wildman–Crippen LogP) is 2.90. The quantitative estimate of drug-likeness (QED) is 0.377. The summed E-state index contributed by atoms with van der Waals surface area (Å²) in [5, 5.41) is 9.22. The summed E-state index contributed by atoms with van der Waals surface area (Å²) in [6, 6.07) is 13.0. The monoisotopic (exact) mass is 472 g/mol. The number of hydrogen-bond donors (Lipinski definition) is 2. The Morgan fingerprint density at radius 3 is 2.62 bits per heavy atom. The van der Waals surface area contributed by atoms with E-state index >= 15 is 0 Å². The van der Waals surface area contributed by atoms with Crippen LogP contribution in [-0.4, -0.2) is 32.2 Å². The van der Waals surface area contributed by atoms with Gasteiger partial charge in [-0.1, -0.05) is 24.3 Å². The number of nitrogens with zero attached hydrogens (tertiary/aromatic N) is 4. The van der Waals surface area contributed by atoms with Crippen LogP contribution in [-0.2, 0) is 22.0 Å². The molecule has 2 aromatic carbocycles. The van der Waals surface area contributed by atoms with Crippen molar-refractivity contribution in [3.8, 4) is 6.07 Å². The summed E-state index contributed by atoms with van der Waals surface area (Å²) in [6.45, 7) is 3.86. The second-order valence-corrected chi connectivity index (χ2v) is 9.84. The summed E-state index contributed by atoms with van der Waals surface area (Å²) in [4.78, 5) is 7.76. The fourth-order valence-electron chi connectivity index (χ4n) is 2.74. The van der Waals surface area contributed by atoms with E-state index in [1.54, 1.807) is 0 Å². The first kappa shape index (κ1) is 23.4. The molecule has 0 unspecified atom stereocenters. The Hall–Kier alpha value is -3.23. The largest absolute Gasteiger partial charge is 0.383 e. The van der Waals surface area contributed by atoms with E-state index < -0.39 is 21.3 Å². The lowest BCUT2D eigenvalue weighted by molar-refractivity contribution is 0.592. The molecule has 166 valence electrons. The van der Waals surface area contributed by atoms with Gasteiger partial charge in [-0.05, 0) is 55.1 Å². The first-order valence-electron chi connectivity index (χ1n) is 9.46. The van der Waals surface area contributed by atoms with Crippen LogP contribution in [0.15, 0.2) is 61.7 Å². The molecule has 2 aromatic rings. The molecule has 0 fully saturated rings. The molecule has 0 aliphatic carbocycles. The van der Waals surface area contributed by atoms with Gasteiger partial charge < -0.3 is 10.5 Å². The van der Waals surface area contributed by atoms with Crippen LogP contribution < -0.4 is 10.5 Å². The maximum absolute atomic E-state index is 14.6. The minimum absolute atomic E-state index is 0.00530. The zero-order chi connectivity index (χ0) is 23.4. The van der Waals surface area contributed by atoms with Gasteiger partial charge in [0.15, 0.2) is 5.84 Å². The highest BCUT2D eigenvalue weighted by Crippen LogP contribution is 2.23. The predicted molar refractivity (Wildman–Crippen MR) is 125 cm³/mol. The van der Waals surface area contributed by atoms with Crippen LogP contribution >= 0.6 is 11.9 Å². The van der Waals surface area contributed by atoms with Crippen molar-refractivity contribution in [3.05, 3.63) is 65.0 Å². The van der Waals surface area contributed by atoms with Crippen molar-refractivity contribution in [2.24, 2.45) is 20.1 Å². The lowest BCUT2D eigenvalue weighted by Gasteiger charge is -2.15. The van der Waals surface area contributed by atoms with Gasteiger partial charge >= 0.3 is 0 Å². The Morgan fingerprint density at radius 1 is 1.31 bits per heavy atom. The Morgan fingerprint density at radius 2 is 2.03 bits per heavy atom. The fourth-order valence-corrected chi connectivity index (χ4v) is 4.29. The Kier molecular flexibility index (Phi) is 6.96. The molecule has 1 heterocycles. The number of rotatable bonds is 6. The van der Waals surface area contributed by atoms with E-state index in [4.69, 9.17) is 5.73 Å². The number of nitriles is 1. The first-order chi connectivity index (χ1) is 15.1. The van der Waals surface area contributed by atoms with Crippen molar-refractivity contribution in [1.82, 2.24) is 4.72 Å². The van der Waals surface area contributed by atoms with E-state index in [0.29, 0.717) is 0 Å². The molecule has 1 aliphatic heterocycles. The van der Waals surface area contributed by atoms with Crippen LogP contribution in [0.3, 0.4) is 0 Å². The molecule has 0 bridgehead atoms. The molecule has 0 radical (unpaired) electrons. The van der Waals surface area contributed by atoms with Gasteiger partial charge in [0.2, 0.25) is 0 Å². The summed E-state index contributed by atoms with van der Waals surface area (Å²) in [5.41, 5.74) is 7.04. The molecule has 11 heteroatoms. The second-order valence-electron chi connectivity index (χ2n) is 7.42. The highest BCUT2D eigenvalue weighted by Gasteiger charge is 2.20. The molecular weight excluding hydrogens is 451 g/mol. The molecule has 0 saturated carbocycles. The number of nitrogens with one attached hydrogen (secondary N) is 1. The third-order valence-electron chi connectivity index (χ3n) is 4.68. The van der Waals surface area contributed by atoms with E-state index in [1.165, 1.54) is 30.4 Å². The van der Waals surface area contributed by atoms with E-state index in [1.807, 2.05) is 38.1 Å². The van der Waals surface area contributed by atoms with Gasteiger partial charge in [0, 0.05) is 0 Å². The van der Waals surface area contributed by atoms with E-state index in [-0.39, 0.29) is 34.4 Å². The third-order valence-corrected chi connectivity index (χ3v) is 6.65. The molecule has 3 N–H and O–H groups in total. The maximum atomic E-state index is 14.6. The Bertz CT molecular complexity index is 1250. The molecular formula is C21H21FN6O2S2. The summed E-state index contributed by atoms with van der Waals surface area (Å²) in [7, 11) is -4.11. The molecule has 0 amide bonds. The van der Waals surface area contributed by atoms with Gasteiger partial charge in [0.1, 0.15) is 18.0 Å². The van der Waals surface area contributed by atoms with E-state index in [0.717, 1.165) is 17.2 Å². The molecule has 32 heavy (non-hydrogen) atoms. The fraction of sp³-hybridized carbons (Fsp3) is 0.238. The normalized spacial score (nSPS) is 15.9. The minimum atomic E-state index is -4.11. The standard InChI is InChI=1S/C21H21FN6O2S2/c1-21(2,12-23)15-5-3-14(4-6-15)10-25-20(24)17-8-7-16(9-18(17)22)32(29,30)28-19-11-31-27-13-26-19/h3-9,13H,10-11H2,1-2H3,(H2,24,25)(H,26,27,28). The molecule has 0 saturated heterocycles. The number of sulfonamides is 1. The van der Waals surface area contributed by atoms with E-state index in [2.05, 4.69) is 25.2 Å². The number of benzene rings is 2. The number of nitrogens with two attached hydrogens (primary N) is 1. The lowest BCUT2D eigenvalue weighted by atomic mass is 9.86. The van der Waals surface area contributed by atoms with Gasteiger partial charge in [-0.15, -0.1) is 4.40 Å². The molecule has 8 nitrogen and oxygen atoms in total. The zero-order valence-electron chi connectivity index (χ0n) is 17.4. The van der Waals surface area contributed by atoms with Gasteiger partial charge in [-0.3, -0.25) is 4.99 Å². The van der Waals surface area contributed by atoms with Gasteiger partial charge in [-0.2, -0.15) is 13.7 Å². The average molecular weight is 473 g/mol. The van der Waals surface area contributed by atoms with Gasteiger partial charge in [0.25, 0.3) is 10.0 Å². The Balaban J connectivity index is 1.77. The van der Waals surface area contributed by atoms with Crippen LogP contribution in [0.4, 0.5) is 4.39 Å². The first-order valence-corrected chi connectivity index (χ1v) is 11.9. The molecule has 3 rings (SSSR count). The van der Waals surface area contributed by atoms with Gasteiger partial charge in [-0.25, -0.2) is 9.38 Å². The third kappa shape index (κ3) is 5.52. The smallest absolute Gasteiger partial charge is 0.284 e. The second kappa shape index (κ2) is 9.50. The molecule has 1 aliphatic rings. The van der Waals surface area contributed by atoms with Crippen molar-refractivity contribution >= 4 is 40.0 Å². The number of amidine groups is 2.